The first-order chi connectivity index (χ1) is 13.1. The number of carbonyl (C=O) groups excluding carboxylic acids is 2. The third-order valence-corrected chi connectivity index (χ3v) is 7.01. The largest absolute Gasteiger partial charge is 0.371 e. The Morgan fingerprint density at radius 2 is 1.59 bits per heavy atom. The Bertz CT molecular complexity index is 852. The predicted octanol–water partition coefficient (Wildman–Crippen LogP) is 3.04. The van der Waals surface area contributed by atoms with Crippen molar-refractivity contribution >= 4 is 23.7 Å². The van der Waals surface area contributed by atoms with Gasteiger partial charge in [0.1, 0.15) is 0 Å². The van der Waals surface area contributed by atoms with E-state index in [1.807, 2.05) is 0 Å². The van der Waals surface area contributed by atoms with Gasteiger partial charge in [-0.15, -0.1) is 0 Å². The van der Waals surface area contributed by atoms with Crippen molar-refractivity contribution in [2.24, 2.45) is 28.8 Å². The zero-order valence-corrected chi connectivity index (χ0v) is 15.9. The van der Waals surface area contributed by atoms with Crippen LogP contribution in [0.1, 0.15) is 36.0 Å². The van der Waals surface area contributed by atoms with Crippen molar-refractivity contribution in [3.8, 4) is 0 Å². The predicted molar refractivity (Wildman–Crippen MR) is 105 cm³/mol. The topological polar surface area (TPSA) is 53.0 Å². The number of imide groups is 1. The van der Waals surface area contributed by atoms with Gasteiger partial charge in [0, 0.05) is 18.8 Å². The van der Waals surface area contributed by atoms with Crippen molar-refractivity contribution in [1.29, 1.82) is 0 Å². The third-order valence-electron chi connectivity index (χ3n) is 7.01. The van der Waals surface area contributed by atoms with E-state index in [-0.39, 0.29) is 35.5 Å². The molecule has 1 aromatic rings. The highest BCUT2D eigenvalue weighted by Crippen LogP contribution is 2.52. The van der Waals surface area contributed by atoms with Gasteiger partial charge in [0.15, 0.2) is 0 Å². The molecule has 5 rings (SSSR count). The summed E-state index contributed by atoms with van der Waals surface area (Å²) in [6, 6.07) is 4.19. The van der Waals surface area contributed by atoms with E-state index in [1.54, 1.807) is 6.21 Å². The summed E-state index contributed by atoms with van der Waals surface area (Å²) in [6.07, 6.45) is 9.34. The lowest BCUT2D eigenvalue weighted by Gasteiger charge is -2.22. The van der Waals surface area contributed by atoms with Crippen molar-refractivity contribution < 1.29 is 9.59 Å². The second-order valence-corrected chi connectivity index (χ2v) is 8.35. The molecule has 140 valence electrons. The average Bonchev–Trinajstić information content (AvgIpc) is 3.43. The molecule has 0 N–H and O–H groups in total. The molecule has 2 aliphatic heterocycles. The van der Waals surface area contributed by atoms with E-state index in [4.69, 9.17) is 0 Å². The number of anilines is 1. The molecule has 1 saturated carbocycles. The lowest BCUT2D eigenvalue weighted by atomic mass is 9.85. The van der Waals surface area contributed by atoms with Crippen molar-refractivity contribution in [3.05, 3.63) is 41.0 Å². The monoisotopic (exact) mass is 363 g/mol. The Morgan fingerprint density at radius 1 is 0.963 bits per heavy atom. The first kappa shape index (κ1) is 16.7. The minimum absolute atomic E-state index is 0.124. The fraction of sp³-hybridized carbons (Fsp3) is 0.500. The van der Waals surface area contributed by atoms with Gasteiger partial charge in [-0.25, -0.2) is 0 Å². The molecule has 1 aromatic carbocycles. The summed E-state index contributed by atoms with van der Waals surface area (Å²) in [5, 5.41) is 5.46. The number of fused-ring (bicyclic) bond motifs is 5. The second-order valence-electron chi connectivity index (χ2n) is 8.35. The van der Waals surface area contributed by atoms with Crippen molar-refractivity contribution in [1.82, 2.24) is 5.01 Å². The van der Waals surface area contributed by atoms with Gasteiger partial charge < -0.3 is 4.90 Å². The number of benzene rings is 1. The SMILES string of the molecule is Cc1c(C=NN2C(=O)[C@@H]3[C@H](C2=O)[C@H]2C=C[C@H]3C2)ccc(N2CCCC2)c1C. The fourth-order valence-corrected chi connectivity index (χ4v) is 5.39. The number of hydrogen-bond donors (Lipinski definition) is 0. The van der Waals surface area contributed by atoms with E-state index >= 15 is 0 Å². The van der Waals surface area contributed by atoms with Crippen molar-refractivity contribution in [2.75, 3.05) is 18.0 Å². The first-order valence-electron chi connectivity index (χ1n) is 10.0. The molecule has 2 amide bonds. The van der Waals surface area contributed by atoms with Crippen LogP contribution in [0.3, 0.4) is 0 Å². The normalized spacial score (nSPS) is 31.8. The molecule has 4 atom stereocenters. The van der Waals surface area contributed by atoms with Crippen LogP contribution in [-0.4, -0.2) is 36.1 Å². The molecule has 2 bridgehead atoms. The molecule has 2 aliphatic carbocycles. The van der Waals surface area contributed by atoms with E-state index in [1.165, 1.54) is 24.1 Å². The number of carbonyl (C=O) groups is 2. The maximum absolute atomic E-state index is 12.7. The van der Waals surface area contributed by atoms with Crippen LogP contribution in [0.25, 0.3) is 0 Å². The van der Waals surface area contributed by atoms with Gasteiger partial charge in [0.25, 0.3) is 11.8 Å². The van der Waals surface area contributed by atoms with Gasteiger partial charge in [0.05, 0.1) is 18.1 Å². The van der Waals surface area contributed by atoms with Crippen molar-refractivity contribution in [3.63, 3.8) is 0 Å². The molecule has 2 saturated heterocycles. The standard InChI is InChI=1S/C22H25N3O2/c1-13-14(2)18(24-9-3-4-10-24)8-7-17(13)12-23-25-21(26)19-15-5-6-16(11-15)20(19)22(25)27/h5-8,12,15-16,19-20H,3-4,9-11H2,1-2H3/t15-,16-,19-,20+/m0/s1. The van der Waals surface area contributed by atoms with Crippen LogP contribution in [0.15, 0.2) is 29.4 Å². The Labute approximate surface area is 159 Å². The third kappa shape index (κ3) is 2.40. The minimum Gasteiger partial charge on any atom is -0.371 e. The maximum atomic E-state index is 12.7. The van der Waals surface area contributed by atoms with Crippen LogP contribution >= 0.6 is 0 Å². The number of hydrazone groups is 1. The molecule has 2 heterocycles. The molecular formula is C22H25N3O2. The van der Waals surface area contributed by atoms with Crippen LogP contribution in [0.5, 0.6) is 0 Å². The summed E-state index contributed by atoms with van der Waals surface area (Å²) >= 11 is 0. The van der Waals surface area contributed by atoms with Gasteiger partial charge in [-0.05, 0) is 67.7 Å². The molecule has 3 fully saturated rings. The van der Waals surface area contributed by atoms with Gasteiger partial charge in [-0.3, -0.25) is 9.59 Å². The molecular weight excluding hydrogens is 338 g/mol. The number of allylic oxidation sites excluding steroid dienone is 2. The molecule has 0 aromatic heterocycles. The maximum Gasteiger partial charge on any atom is 0.254 e. The summed E-state index contributed by atoms with van der Waals surface area (Å²) in [6.45, 7) is 6.45. The number of rotatable bonds is 3. The van der Waals surface area contributed by atoms with E-state index in [0.29, 0.717) is 0 Å². The summed E-state index contributed by atoms with van der Waals surface area (Å²) in [7, 11) is 0. The van der Waals surface area contributed by atoms with Crippen LogP contribution in [-0.2, 0) is 9.59 Å². The number of amides is 2. The van der Waals surface area contributed by atoms with Crippen LogP contribution in [0, 0.1) is 37.5 Å². The zero-order chi connectivity index (χ0) is 18.7. The van der Waals surface area contributed by atoms with Gasteiger partial charge in [-0.2, -0.15) is 10.1 Å². The lowest BCUT2D eigenvalue weighted by molar-refractivity contribution is -0.140. The van der Waals surface area contributed by atoms with Crippen molar-refractivity contribution in [2.45, 2.75) is 33.1 Å². The minimum atomic E-state index is -0.190. The summed E-state index contributed by atoms with van der Waals surface area (Å²) in [5.41, 5.74) is 4.66. The molecule has 0 spiro atoms. The van der Waals surface area contributed by atoms with Crippen LogP contribution in [0.4, 0.5) is 5.69 Å². The molecule has 4 aliphatic rings. The Hall–Kier alpha value is -2.43. The van der Waals surface area contributed by atoms with E-state index in [2.05, 4.69) is 48.1 Å². The number of nitrogens with zero attached hydrogens (tertiary/aromatic N) is 3. The first-order valence-corrected chi connectivity index (χ1v) is 10.0. The average molecular weight is 363 g/mol. The van der Waals surface area contributed by atoms with Crippen LogP contribution < -0.4 is 4.90 Å². The second kappa shape index (κ2) is 6.04. The Morgan fingerprint density at radius 3 is 2.22 bits per heavy atom. The molecule has 27 heavy (non-hydrogen) atoms. The fourth-order valence-electron chi connectivity index (χ4n) is 5.39. The highest BCUT2D eigenvalue weighted by Gasteiger charge is 2.59. The smallest absolute Gasteiger partial charge is 0.254 e. The quantitative estimate of drug-likeness (QED) is 0.471. The lowest BCUT2D eigenvalue weighted by Crippen LogP contribution is -2.28. The summed E-state index contributed by atoms with van der Waals surface area (Å²) < 4.78 is 0. The molecule has 5 heteroatoms. The number of hydrogen-bond acceptors (Lipinski definition) is 4. The van der Waals surface area contributed by atoms with E-state index in [0.717, 1.165) is 35.6 Å². The van der Waals surface area contributed by atoms with Gasteiger partial charge in [0.2, 0.25) is 0 Å². The zero-order valence-electron chi connectivity index (χ0n) is 15.9. The van der Waals surface area contributed by atoms with Gasteiger partial charge >= 0.3 is 0 Å². The molecule has 5 nitrogen and oxygen atoms in total. The summed E-state index contributed by atoms with van der Waals surface area (Å²) in [4.78, 5) is 27.9. The summed E-state index contributed by atoms with van der Waals surface area (Å²) in [5.74, 6) is -0.182. The highest BCUT2D eigenvalue weighted by atomic mass is 16.2. The van der Waals surface area contributed by atoms with Gasteiger partial charge in [-0.1, -0.05) is 18.2 Å². The Balaban J connectivity index is 1.39. The van der Waals surface area contributed by atoms with E-state index in [9.17, 15) is 9.59 Å². The molecule has 0 radical (unpaired) electrons. The van der Waals surface area contributed by atoms with E-state index < -0.39 is 0 Å². The highest BCUT2D eigenvalue weighted by molar-refractivity contribution is 6.06. The van der Waals surface area contributed by atoms with Crippen LogP contribution in [0.2, 0.25) is 0 Å². The molecule has 0 unspecified atom stereocenters. The Kier molecular flexibility index (Phi) is 3.74.